The number of benzene rings is 2. The summed E-state index contributed by atoms with van der Waals surface area (Å²) in [5, 5.41) is 14.5. The van der Waals surface area contributed by atoms with E-state index in [9.17, 15) is 19.5 Å². The third-order valence-electron chi connectivity index (χ3n) is 2.94. The zero-order chi connectivity index (χ0) is 17.0. The van der Waals surface area contributed by atoms with Crippen molar-refractivity contribution < 1.29 is 19.5 Å². The van der Waals surface area contributed by atoms with E-state index in [2.05, 4.69) is 10.6 Å². The van der Waals surface area contributed by atoms with Crippen molar-refractivity contribution >= 4 is 40.6 Å². The van der Waals surface area contributed by atoms with E-state index >= 15 is 0 Å². The summed E-state index contributed by atoms with van der Waals surface area (Å²) in [5.74, 6) is -2.29. The van der Waals surface area contributed by atoms with Gasteiger partial charge in [0.1, 0.15) is 5.75 Å². The van der Waals surface area contributed by atoms with E-state index in [1.54, 1.807) is 18.2 Å². The first-order valence-corrected chi connectivity index (χ1v) is 6.96. The number of rotatable bonds is 3. The van der Waals surface area contributed by atoms with Crippen molar-refractivity contribution in [1.82, 2.24) is 0 Å². The second-order valence-corrected chi connectivity index (χ2v) is 5.14. The van der Waals surface area contributed by atoms with Gasteiger partial charge in [0.2, 0.25) is 0 Å². The third-order valence-corrected chi connectivity index (χ3v) is 3.18. The maximum absolute atomic E-state index is 11.9. The van der Waals surface area contributed by atoms with E-state index in [-0.39, 0.29) is 17.2 Å². The molecule has 23 heavy (non-hydrogen) atoms. The van der Waals surface area contributed by atoms with Gasteiger partial charge in [0.05, 0.1) is 5.69 Å². The number of ketones is 1. The van der Waals surface area contributed by atoms with Gasteiger partial charge >= 0.3 is 11.8 Å². The zero-order valence-corrected chi connectivity index (χ0v) is 12.8. The lowest BCUT2D eigenvalue weighted by Crippen LogP contribution is -2.29. The highest BCUT2D eigenvalue weighted by molar-refractivity contribution is 6.44. The number of aromatic hydroxyl groups is 1. The average Bonchev–Trinajstić information content (AvgIpc) is 2.51. The molecule has 0 saturated carbocycles. The molecular weight excluding hydrogens is 320 g/mol. The van der Waals surface area contributed by atoms with Gasteiger partial charge in [0.25, 0.3) is 0 Å². The highest BCUT2D eigenvalue weighted by Crippen LogP contribution is 2.26. The van der Waals surface area contributed by atoms with Gasteiger partial charge in [0, 0.05) is 16.3 Å². The van der Waals surface area contributed by atoms with Crippen LogP contribution in [0, 0.1) is 0 Å². The standard InChI is InChI=1S/C16H13ClN2O4/c1-9(20)10-3-2-4-12(7-10)18-15(22)16(23)19-13-8-11(17)5-6-14(13)21/h2-8,21H,1H3,(H,18,22)(H,19,23). The lowest BCUT2D eigenvalue weighted by atomic mass is 10.1. The number of nitrogens with one attached hydrogen (secondary N) is 2. The molecule has 0 aliphatic heterocycles. The molecule has 0 aromatic heterocycles. The normalized spacial score (nSPS) is 10.0. The molecule has 3 N–H and O–H groups in total. The van der Waals surface area contributed by atoms with Gasteiger partial charge in [-0.25, -0.2) is 0 Å². The van der Waals surface area contributed by atoms with Crippen LogP contribution in [0.15, 0.2) is 42.5 Å². The Morgan fingerprint density at radius 3 is 2.39 bits per heavy atom. The number of Topliss-reactive ketones (excluding diaryl/α,β-unsaturated/α-hetero) is 1. The topological polar surface area (TPSA) is 95.5 Å². The van der Waals surface area contributed by atoms with Crippen molar-refractivity contribution in [3.8, 4) is 5.75 Å². The van der Waals surface area contributed by atoms with Gasteiger partial charge in [-0.2, -0.15) is 0 Å². The van der Waals surface area contributed by atoms with Crippen molar-refractivity contribution in [2.75, 3.05) is 10.6 Å². The summed E-state index contributed by atoms with van der Waals surface area (Å²) in [6, 6.07) is 10.3. The number of phenols is 1. The molecule has 7 heteroatoms. The van der Waals surface area contributed by atoms with Gasteiger partial charge in [-0.05, 0) is 37.3 Å². The number of amides is 2. The molecule has 0 aliphatic carbocycles. The van der Waals surface area contributed by atoms with E-state index < -0.39 is 11.8 Å². The fraction of sp³-hybridized carbons (Fsp3) is 0.0625. The molecule has 2 aromatic rings. The number of halogens is 1. The highest BCUT2D eigenvalue weighted by Gasteiger charge is 2.16. The molecule has 118 valence electrons. The molecule has 6 nitrogen and oxygen atoms in total. The van der Waals surface area contributed by atoms with E-state index in [0.29, 0.717) is 16.3 Å². The fourth-order valence-corrected chi connectivity index (χ4v) is 1.96. The Bertz CT molecular complexity index is 789. The summed E-state index contributed by atoms with van der Waals surface area (Å²) in [5.41, 5.74) is 0.749. The zero-order valence-electron chi connectivity index (χ0n) is 12.1. The molecule has 0 spiro atoms. The minimum atomic E-state index is -0.976. The van der Waals surface area contributed by atoms with Crippen LogP contribution in [0.2, 0.25) is 5.02 Å². The van der Waals surface area contributed by atoms with Gasteiger partial charge in [-0.3, -0.25) is 14.4 Å². The summed E-state index contributed by atoms with van der Waals surface area (Å²) in [7, 11) is 0. The first kappa shape index (κ1) is 16.5. The van der Waals surface area contributed by atoms with Gasteiger partial charge in [-0.15, -0.1) is 0 Å². The number of anilines is 2. The molecule has 2 aromatic carbocycles. The second-order valence-electron chi connectivity index (χ2n) is 4.71. The van der Waals surface area contributed by atoms with Crippen molar-refractivity contribution in [2.24, 2.45) is 0 Å². The van der Waals surface area contributed by atoms with Crippen LogP contribution in [-0.2, 0) is 9.59 Å². The van der Waals surface area contributed by atoms with Crippen LogP contribution in [0.1, 0.15) is 17.3 Å². The Balaban J connectivity index is 2.08. The summed E-state index contributed by atoms with van der Waals surface area (Å²) in [6.45, 7) is 1.40. The lowest BCUT2D eigenvalue weighted by molar-refractivity contribution is -0.133. The number of carbonyl (C=O) groups excluding carboxylic acids is 3. The Morgan fingerprint density at radius 1 is 1.00 bits per heavy atom. The number of hydrogen-bond acceptors (Lipinski definition) is 4. The van der Waals surface area contributed by atoms with Crippen molar-refractivity contribution in [3.63, 3.8) is 0 Å². The summed E-state index contributed by atoms with van der Waals surface area (Å²) in [6.07, 6.45) is 0. The molecule has 0 unspecified atom stereocenters. The van der Waals surface area contributed by atoms with Crippen LogP contribution in [-0.4, -0.2) is 22.7 Å². The predicted octanol–water partition coefficient (Wildman–Crippen LogP) is 2.83. The first-order chi connectivity index (χ1) is 10.9. The Kier molecular flexibility index (Phi) is 4.98. The van der Waals surface area contributed by atoms with E-state index in [1.165, 1.54) is 31.2 Å². The van der Waals surface area contributed by atoms with Crippen LogP contribution in [0.4, 0.5) is 11.4 Å². The fourth-order valence-electron chi connectivity index (χ4n) is 1.79. The van der Waals surface area contributed by atoms with Crippen LogP contribution in [0.25, 0.3) is 0 Å². The number of hydrogen-bond donors (Lipinski definition) is 3. The Morgan fingerprint density at radius 2 is 1.70 bits per heavy atom. The molecule has 0 fully saturated rings. The summed E-state index contributed by atoms with van der Waals surface area (Å²) < 4.78 is 0. The van der Waals surface area contributed by atoms with Gasteiger partial charge < -0.3 is 15.7 Å². The van der Waals surface area contributed by atoms with Gasteiger partial charge in [0.15, 0.2) is 5.78 Å². The lowest BCUT2D eigenvalue weighted by Gasteiger charge is -2.09. The van der Waals surface area contributed by atoms with Crippen LogP contribution in [0.3, 0.4) is 0 Å². The monoisotopic (exact) mass is 332 g/mol. The van der Waals surface area contributed by atoms with Crippen LogP contribution < -0.4 is 10.6 Å². The number of phenolic OH excluding ortho intramolecular Hbond substituents is 1. The van der Waals surface area contributed by atoms with Crippen LogP contribution in [0.5, 0.6) is 5.75 Å². The summed E-state index contributed by atoms with van der Waals surface area (Å²) >= 11 is 5.76. The molecule has 0 aliphatic rings. The SMILES string of the molecule is CC(=O)c1cccc(NC(=O)C(=O)Nc2cc(Cl)ccc2O)c1. The predicted molar refractivity (Wildman–Crippen MR) is 86.8 cm³/mol. The van der Waals surface area contributed by atoms with E-state index in [1.807, 2.05) is 0 Å². The molecule has 2 rings (SSSR count). The molecule has 0 radical (unpaired) electrons. The number of carbonyl (C=O) groups is 3. The maximum Gasteiger partial charge on any atom is 0.314 e. The molecule has 0 heterocycles. The third kappa shape index (κ3) is 4.31. The molecule has 0 atom stereocenters. The summed E-state index contributed by atoms with van der Waals surface area (Å²) in [4.78, 5) is 35.0. The smallest absolute Gasteiger partial charge is 0.314 e. The van der Waals surface area contributed by atoms with E-state index in [4.69, 9.17) is 11.6 Å². The Labute approximate surface area is 137 Å². The molecule has 0 bridgehead atoms. The molecule has 0 saturated heterocycles. The second kappa shape index (κ2) is 6.93. The highest BCUT2D eigenvalue weighted by atomic mass is 35.5. The minimum Gasteiger partial charge on any atom is -0.506 e. The quantitative estimate of drug-likeness (QED) is 0.457. The van der Waals surface area contributed by atoms with Crippen molar-refractivity contribution in [3.05, 3.63) is 53.1 Å². The van der Waals surface area contributed by atoms with E-state index in [0.717, 1.165) is 0 Å². The maximum atomic E-state index is 11.9. The minimum absolute atomic E-state index is 0.0233. The van der Waals surface area contributed by atoms with Crippen molar-refractivity contribution in [1.29, 1.82) is 0 Å². The average molecular weight is 333 g/mol. The Hall–Kier alpha value is -2.86. The molecular formula is C16H13ClN2O4. The van der Waals surface area contributed by atoms with Crippen molar-refractivity contribution in [2.45, 2.75) is 6.92 Å². The first-order valence-electron chi connectivity index (χ1n) is 6.58. The van der Waals surface area contributed by atoms with Gasteiger partial charge in [-0.1, -0.05) is 23.7 Å². The molecule has 2 amide bonds. The largest absolute Gasteiger partial charge is 0.506 e. The van der Waals surface area contributed by atoms with Crippen LogP contribution >= 0.6 is 11.6 Å².